The molecule has 0 heterocycles. The van der Waals surface area contributed by atoms with E-state index >= 15 is 0 Å². The molecular weight excluding hydrogens is 1080 g/mol. The van der Waals surface area contributed by atoms with E-state index in [9.17, 15) is 48.3 Å². The van der Waals surface area contributed by atoms with Gasteiger partial charge in [0.15, 0.2) is 0 Å². The molecule has 12 saturated carbocycles. The van der Waals surface area contributed by atoms with Crippen molar-refractivity contribution in [3.05, 3.63) is 0 Å². The van der Waals surface area contributed by atoms with Crippen molar-refractivity contribution in [3.8, 4) is 0 Å². The number of hydrogen-bond donors (Lipinski definition) is 1. The van der Waals surface area contributed by atoms with E-state index in [4.69, 9.17) is 0 Å². The Morgan fingerprint density at radius 3 is 1.16 bits per heavy atom. The predicted molar refractivity (Wildman–Crippen MR) is 351 cm³/mol. The summed E-state index contributed by atoms with van der Waals surface area (Å²) in [4.78, 5) is 98.3. The first-order valence-corrected chi connectivity index (χ1v) is 36.4. The summed E-state index contributed by atoms with van der Waals surface area (Å²) >= 11 is 0. The third-order valence-corrected chi connectivity index (χ3v) is 23.5. The number of carbonyl (C=O) groups is 9. The summed E-state index contributed by atoms with van der Waals surface area (Å²) in [5.74, 6) is 18.2. The summed E-state index contributed by atoms with van der Waals surface area (Å²) in [6.07, 6.45) is 43.6. The van der Waals surface area contributed by atoms with Crippen LogP contribution in [0, 0.1) is 112 Å². The Labute approximate surface area is 530 Å². The molecule has 12 aliphatic rings. The van der Waals surface area contributed by atoms with Crippen LogP contribution in [0.4, 0.5) is 0 Å². The quantitative estimate of drug-likeness (QED) is 0.0913. The SMILES string of the molecule is CC(=O)CC(CC(C)=O)CC(C)=O.CC(=O)CC1C2CC3CC(C2)CC1C3.CC(=O)CC1CC2CC1C1C3CCC(C3)C21.CC(=O)CC1CC2CCC1C2.CC(=O)CC1CCCCCC1.CC(=O)CC1CCCCCCC1.CCC(=O)CC(O)C(C)C. The van der Waals surface area contributed by atoms with Gasteiger partial charge in [-0.25, -0.2) is 0 Å². The minimum absolute atomic E-state index is 0.0347. The maximum absolute atomic E-state index is 11.3. The van der Waals surface area contributed by atoms with Gasteiger partial charge in [-0.2, -0.15) is 0 Å². The molecule has 10 bridgehead atoms. The monoisotopic (exact) mass is 1210 g/mol. The van der Waals surface area contributed by atoms with Crippen molar-refractivity contribution in [2.24, 2.45) is 112 Å². The molecule has 10 nitrogen and oxygen atoms in total. The van der Waals surface area contributed by atoms with Crippen LogP contribution >= 0.6 is 0 Å². The number of Topliss-reactive ketones (excluding diaryl/α,β-unsaturated/α-hetero) is 9. The number of aliphatic hydroxyl groups excluding tert-OH is 1. The predicted octanol–water partition coefficient (Wildman–Crippen LogP) is 17.9. The first-order valence-electron chi connectivity index (χ1n) is 36.4. The molecule has 0 aromatic rings. The van der Waals surface area contributed by atoms with E-state index in [1.165, 1.54) is 188 Å². The van der Waals surface area contributed by atoms with Crippen molar-refractivity contribution in [2.75, 3.05) is 0 Å². The Bertz CT molecular complexity index is 2110. The average molecular weight is 1210 g/mol. The zero-order chi connectivity index (χ0) is 63.9. The molecule has 0 aromatic heterocycles. The third-order valence-electron chi connectivity index (χ3n) is 23.5. The minimum Gasteiger partial charge on any atom is -0.392 e. The molecule has 87 heavy (non-hydrogen) atoms. The van der Waals surface area contributed by atoms with Gasteiger partial charge in [-0.1, -0.05) is 111 Å². The van der Waals surface area contributed by atoms with Crippen LogP contribution in [0.15, 0.2) is 0 Å². The zero-order valence-electron chi connectivity index (χ0n) is 57.3. The van der Waals surface area contributed by atoms with Crippen LogP contribution in [-0.2, 0) is 43.2 Å². The minimum atomic E-state index is -0.451. The van der Waals surface area contributed by atoms with Gasteiger partial charge in [-0.15, -0.1) is 0 Å². The molecular formula is C77H128O10. The van der Waals surface area contributed by atoms with Crippen molar-refractivity contribution >= 4 is 52.0 Å². The Balaban J connectivity index is 0.000000186. The van der Waals surface area contributed by atoms with Crippen LogP contribution in [0.1, 0.15) is 314 Å². The maximum atomic E-state index is 11.3. The van der Waals surface area contributed by atoms with E-state index in [1.54, 1.807) is 41.0 Å². The molecule has 0 aliphatic heterocycles. The van der Waals surface area contributed by atoms with Crippen molar-refractivity contribution in [1.82, 2.24) is 0 Å². The van der Waals surface area contributed by atoms with Gasteiger partial charge in [0.05, 0.1) is 6.10 Å². The summed E-state index contributed by atoms with van der Waals surface area (Å²) < 4.78 is 0. The van der Waals surface area contributed by atoms with Gasteiger partial charge in [-0.05, 0) is 251 Å². The standard InChI is InChI=1S/C15H22O.C13H20O.C11H20O.C10H16O3.C10H16O.C10H18O.C8H16O2/c1-8(16)4-11-6-12-7-13(11)15-10-3-2-9(5-10)14(12)15;1-8(14)2-13-11-4-9-3-10(6-11)7-12(13)5-9;1-10(12)9-11-7-5-3-2-4-6-8-11;1-7(11)4-10(5-8(2)12)6-9(3)13;1-7(11)4-10-6-8-2-3-9(10)5-8;1-9(11)8-10-6-4-2-3-5-7-10;1-4-7(9)5-8(10)6(2)3/h9-15H,2-7H2,1H3;9-13H,2-7H2,1H3;11H,2-9H2,1H3;10H,4-6H2,1-3H3;8-10H,2-6H2,1H3;10H,2-8H2,1H3;6,8,10H,4-5H2,1-3H3. The first kappa shape index (κ1) is 74.7. The van der Waals surface area contributed by atoms with Crippen LogP contribution in [-0.4, -0.2) is 63.3 Å². The highest BCUT2D eigenvalue weighted by molar-refractivity contribution is 5.82. The summed E-state index contributed by atoms with van der Waals surface area (Å²) in [7, 11) is 0. The van der Waals surface area contributed by atoms with Crippen molar-refractivity contribution < 1.29 is 48.3 Å². The van der Waals surface area contributed by atoms with Crippen LogP contribution in [0.3, 0.4) is 0 Å². The van der Waals surface area contributed by atoms with Crippen LogP contribution < -0.4 is 0 Å². The third kappa shape index (κ3) is 26.3. The highest BCUT2D eigenvalue weighted by Gasteiger charge is 2.62. The van der Waals surface area contributed by atoms with Gasteiger partial charge in [-0.3, -0.25) is 4.79 Å². The molecule has 12 rings (SSSR count). The smallest absolute Gasteiger partial charge is 0.135 e. The van der Waals surface area contributed by atoms with Gasteiger partial charge in [0.2, 0.25) is 0 Å². The lowest BCUT2D eigenvalue weighted by molar-refractivity contribution is -0.123. The second-order valence-electron chi connectivity index (χ2n) is 31.8. The lowest BCUT2D eigenvalue weighted by Gasteiger charge is -2.54. The van der Waals surface area contributed by atoms with E-state index < -0.39 is 6.10 Å². The number of carbonyl (C=O) groups excluding carboxylic acids is 9. The summed E-state index contributed by atoms with van der Waals surface area (Å²) in [5.41, 5.74) is 0. The molecule has 0 amide bonds. The van der Waals surface area contributed by atoms with Gasteiger partial charge < -0.3 is 43.5 Å². The fourth-order valence-electron chi connectivity index (χ4n) is 20.2. The molecule has 0 spiro atoms. The summed E-state index contributed by atoms with van der Waals surface area (Å²) in [6, 6.07) is 0. The Morgan fingerprint density at radius 2 is 0.770 bits per heavy atom. The van der Waals surface area contributed by atoms with Crippen molar-refractivity contribution in [2.45, 2.75) is 320 Å². The van der Waals surface area contributed by atoms with Gasteiger partial charge in [0, 0.05) is 64.2 Å². The van der Waals surface area contributed by atoms with Gasteiger partial charge >= 0.3 is 0 Å². The lowest BCUT2D eigenvalue weighted by atomic mass is 9.51. The zero-order valence-corrected chi connectivity index (χ0v) is 57.3. The van der Waals surface area contributed by atoms with Crippen LogP contribution in [0.2, 0.25) is 0 Å². The van der Waals surface area contributed by atoms with Crippen molar-refractivity contribution in [3.63, 3.8) is 0 Å². The second-order valence-corrected chi connectivity index (χ2v) is 31.8. The molecule has 496 valence electrons. The topological polar surface area (TPSA) is 174 Å². The number of ketones is 9. The first-order chi connectivity index (χ1) is 41.3. The fraction of sp³-hybridized carbons (Fsp3) is 0.883. The fourth-order valence-corrected chi connectivity index (χ4v) is 20.2. The maximum Gasteiger partial charge on any atom is 0.135 e. The normalized spacial score (nSPS) is 32.4. The average Bonchev–Trinajstić information content (AvgIpc) is 3.55. The van der Waals surface area contributed by atoms with E-state index in [0.29, 0.717) is 66.9 Å². The lowest BCUT2D eigenvalue weighted by Crippen LogP contribution is -2.45. The van der Waals surface area contributed by atoms with Gasteiger partial charge in [0.25, 0.3) is 0 Å². The van der Waals surface area contributed by atoms with E-state index in [1.807, 2.05) is 20.8 Å². The molecule has 1 N–H and O–H groups in total. The van der Waals surface area contributed by atoms with Gasteiger partial charge in [0.1, 0.15) is 52.0 Å². The summed E-state index contributed by atoms with van der Waals surface area (Å²) in [5, 5.41) is 9.21. The largest absolute Gasteiger partial charge is 0.392 e. The Morgan fingerprint density at radius 1 is 0.356 bits per heavy atom. The van der Waals surface area contributed by atoms with E-state index in [0.717, 1.165) is 127 Å². The molecule has 11 unspecified atom stereocenters. The molecule has 10 heteroatoms. The Kier molecular flexibility index (Phi) is 32.7. The molecule has 0 aromatic carbocycles. The van der Waals surface area contributed by atoms with E-state index in [-0.39, 0.29) is 35.0 Å². The second kappa shape index (κ2) is 38.1. The number of fused-ring (bicyclic) bond motifs is 11. The van der Waals surface area contributed by atoms with E-state index in [2.05, 4.69) is 0 Å². The number of aliphatic hydroxyl groups is 1. The highest BCUT2D eigenvalue weighted by Crippen LogP contribution is 2.69. The summed E-state index contributed by atoms with van der Waals surface area (Å²) in [6.45, 7) is 18.8. The molecule has 12 fully saturated rings. The van der Waals surface area contributed by atoms with Crippen molar-refractivity contribution in [1.29, 1.82) is 0 Å². The molecule has 11 atom stereocenters. The molecule has 0 saturated heterocycles. The van der Waals surface area contributed by atoms with Crippen LogP contribution in [0.25, 0.3) is 0 Å². The molecule has 0 radical (unpaired) electrons. The Hall–Kier alpha value is -3.01. The van der Waals surface area contributed by atoms with Crippen LogP contribution in [0.5, 0.6) is 0 Å². The number of rotatable bonds is 20. The molecule has 12 aliphatic carbocycles. The number of hydrogen-bond acceptors (Lipinski definition) is 10. The highest BCUT2D eigenvalue weighted by atomic mass is 16.3.